The number of nitrogens with zero attached hydrogens (tertiary/aromatic N) is 2. The normalized spacial score (nSPS) is 14.7. The summed E-state index contributed by atoms with van der Waals surface area (Å²) in [4.78, 5) is 5.00. The van der Waals surface area contributed by atoms with Crippen LogP contribution in [0.1, 0.15) is 107 Å². The fourth-order valence-electron chi connectivity index (χ4n) is 15.2. The molecule has 9 aromatic carbocycles. The molecule has 0 radical (unpaired) electrons. The largest absolute Gasteiger partial charge is 0.458 e. The van der Waals surface area contributed by atoms with Gasteiger partial charge in [-0.3, -0.25) is 0 Å². The smallest absolute Gasteiger partial charge is 0.268 e. The Balaban J connectivity index is 0.937. The number of aryl methyl sites for hydroxylation is 5. The molecule has 0 amide bonds. The van der Waals surface area contributed by atoms with E-state index in [0.717, 1.165) is 102 Å². The molecule has 0 unspecified atom stereocenters. The number of fused-ring (bicyclic) bond motifs is 16. The number of thiophene rings is 2. The maximum absolute atomic E-state index is 7.43. The average molecular weight is 1150 g/mol. The van der Waals surface area contributed by atoms with Crippen LogP contribution in [0.15, 0.2) is 140 Å². The van der Waals surface area contributed by atoms with Crippen LogP contribution in [-0.2, 0) is 16.2 Å². The van der Waals surface area contributed by atoms with Crippen molar-refractivity contribution < 1.29 is 18.9 Å². The minimum atomic E-state index is -0.234. The second-order valence-electron chi connectivity index (χ2n) is 28.4. The average Bonchev–Trinajstić information content (AvgIpc) is 1.12. The van der Waals surface area contributed by atoms with Gasteiger partial charge < -0.3 is 28.7 Å². The van der Waals surface area contributed by atoms with Gasteiger partial charge in [-0.05, 0) is 195 Å². The fourth-order valence-corrected chi connectivity index (χ4v) is 17.7. The first-order chi connectivity index (χ1) is 41.0. The maximum atomic E-state index is 7.43. The van der Waals surface area contributed by atoms with Gasteiger partial charge in [-0.2, -0.15) is 0 Å². The summed E-state index contributed by atoms with van der Waals surface area (Å²) in [7, 11) is 0. The van der Waals surface area contributed by atoms with Crippen LogP contribution in [0.4, 0.5) is 34.1 Å². The second kappa shape index (κ2) is 17.5. The first-order valence-corrected chi connectivity index (χ1v) is 32.1. The Morgan fingerprint density at radius 3 is 1.36 bits per heavy atom. The molecule has 0 saturated carbocycles. The number of anilines is 6. The third-order valence-electron chi connectivity index (χ3n) is 19.3. The van der Waals surface area contributed by atoms with Gasteiger partial charge in [0.2, 0.25) is 0 Å². The molecule has 6 aliphatic rings. The highest BCUT2D eigenvalue weighted by molar-refractivity contribution is 7.34. The van der Waals surface area contributed by atoms with Gasteiger partial charge in [0, 0.05) is 75.8 Å². The van der Waals surface area contributed by atoms with Crippen molar-refractivity contribution in [2.75, 3.05) is 9.80 Å². The first kappa shape index (κ1) is 52.2. The van der Waals surface area contributed by atoms with Crippen LogP contribution in [0.3, 0.4) is 0 Å². The molecule has 8 heterocycles. The Hall–Kier alpha value is -8.11. The van der Waals surface area contributed by atoms with Crippen LogP contribution in [0.25, 0.3) is 20.2 Å². The molecule has 11 heteroatoms. The molecule has 0 bridgehead atoms. The SMILES string of the molecule is Cc1cc(C)c(N2c3cc4c(cc3B3c5sc6ccc(C(C)(C)C)cc6c5Oc5cc(C)cc2c53)B2c3cc5c(cc3Oc3cc(C)cc(c32)O4)N(c2ccc(C(C)(C)C)cc2)c2cccc3c2B5c2sc4ccc(C(C)(C)C)cc4c2O3)c(C)c1. The Morgan fingerprint density at radius 2 is 0.826 bits per heavy atom. The standard InChI is InChI=1S/C75H65B3N2O4S2/c1-38-26-41(4)68(42(5)27-38)80-55-37-59-52(35-50(55)78-66-56(80)28-39(2)29-60(66)84-70-48-33-45(75(12,13)14)21-25-64(48)86-72(70)78)76-51-34-49-54(36-58(51)81-61-30-40(3)31-62(82-59)67(61)76)79(46-22-18-43(19-23-46)73(6,7)8)53-16-15-17-57-65(53)77(49)71-69(83-57)47-32-44(74(9,10)11)20-24-63(47)85-71/h15-37H,1-14H3. The zero-order chi connectivity index (χ0) is 59.1. The first-order valence-electron chi connectivity index (χ1n) is 30.5. The van der Waals surface area contributed by atoms with Gasteiger partial charge in [-0.1, -0.05) is 122 Å². The number of hydrogen-bond acceptors (Lipinski definition) is 8. The van der Waals surface area contributed by atoms with Crippen molar-refractivity contribution in [3.63, 3.8) is 0 Å². The quantitative estimate of drug-likeness (QED) is 0.161. The van der Waals surface area contributed by atoms with Crippen LogP contribution >= 0.6 is 22.7 Å². The van der Waals surface area contributed by atoms with Crippen LogP contribution in [0.5, 0.6) is 46.0 Å². The van der Waals surface area contributed by atoms with Gasteiger partial charge in [-0.25, -0.2) is 0 Å². The highest BCUT2D eigenvalue weighted by Gasteiger charge is 2.50. The lowest BCUT2D eigenvalue weighted by molar-refractivity contribution is 0.464. The van der Waals surface area contributed by atoms with E-state index in [1.54, 1.807) is 0 Å². The molecular weight excluding hydrogens is 1090 g/mol. The van der Waals surface area contributed by atoms with Gasteiger partial charge in [0.25, 0.3) is 20.1 Å². The molecule has 86 heavy (non-hydrogen) atoms. The fraction of sp³-hybridized carbons (Fsp3) is 0.227. The van der Waals surface area contributed by atoms with Crippen LogP contribution in [-0.4, -0.2) is 20.1 Å². The molecule has 0 atom stereocenters. The molecule has 0 saturated heterocycles. The maximum Gasteiger partial charge on any atom is 0.268 e. The lowest BCUT2D eigenvalue weighted by Crippen LogP contribution is -2.64. The number of rotatable bonds is 2. The molecule has 17 rings (SSSR count). The van der Waals surface area contributed by atoms with E-state index in [9.17, 15) is 0 Å². The molecule has 0 spiro atoms. The summed E-state index contributed by atoms with van der Waals surface area (Å²) in [5, 5.41) is 2.34. The highest BCUT2D eigenvalue weighted by Crippen LogP contribution is 2.51. The number of hydrogen-bond donors (Lipinski definition) is 0. The summed E-state index contributed by atoms with van der Waals surface area (Å²) in [5.41, 5.74) is 24.6. The minimum Gasteiger partial charge on any atom is -0.458 e. The van der Waals surface area contributed by atoms with Crippen molar-refractivity contribution in [3.8, 4) is 46.0 Å². The molecule has 0 aliphatic carbocycles. The van der Waals surface area contributed by atoms with Crippen molar-refractivity contribution in [1.82, 2.24) is 0 Å². The predicted octanol–water partition coefficient (Wildman–Crippen LogP) is 15.1. The monoisotopic (exact) mass is 1150 g/mol. The lowest BCUT2D eigenvalue weighted by atomic mass is 9.31. The van der Waals surface area contributed by atoms with E-state index >= 15 is 0 Å². The Morgan fingerprint density at radius 1 is 0.360 bits per heavy atom. The zero-order valence-corrected chi connectivity index (χ0v) is 53.0. The summed E-state index contributed by atoms with van der Waals surface area (Å²) in [6.45, 7) is 31.2. The van der Waals surface area contributed by atoms with Gasteiger partial charge in [0.1, 0.15) is 46.0 Å². The molecule has 0 fully saturated rings. The van der Waals surface area contributed by atoms with Crippen molar-refractivity contribution in [2.24, 2.45) is 0 Å². The third-order valence-corrected chi connectivity index (χ3v) is 21.7. The molecule has 11 aromatic rings. The van der Waals surface area contributed by atoms with Gasteiger partial charge in [-0.15, -0.1) is 22.7 Å². The predicted molar refractivity (Wildman–Crippen MR) is 366 cm³/mol. The molecule has 420 valence electrons. The third kappa shape index (κ3) is 7.40. The molecule has 6 nitrogen and oxygen atoms in total. The zero-order valence-electron chi connectivity index (χ0n) is 51.4. The molecule has 2 aromatic heterocycles. The summed E-state index contributed by atoms with van der Waals surface area (Å²) >= 11 is 3.75. The Kier molecular flexibility index (Phi) is 10.7. The van der Waals surface area contributed by atoms with E-state index in [1.807, 2.05) is 22.7 Å². The minimum absolute atomic E-state index is 0.00715. The van der Waals surface area contributed by atoms with E-state index < -0.39 is 0 Å². The molecule has 0 N–H and O–H groups in total. The van der Waals surface area contributed by atoms with E-state index in [-0.39, 0.29) is 36.4 Å². The van der Waals surface area contributed by atoms with Gasteiger partial charge >= 0.3 is 0 Å². The highest BCUT2D eigenvalue weighted by atomic mass is 32.1. The Bertz CT molecular complexity index is 4860. The van der Waals surface area contributed by atoms with E-state index in [1.165, 1.54) is 90.6 Å². The lowest BCUT2D eigenvalue weighted by Gasteiger charge is -2.42. The summed E-state index contributed by atoms with van der Waals surface area (Å²) < 4.78 is 34.4. The van der Waals surface area contributed by atoms with Crippen molar-refractivity contribution in [3.05, 3.63) is 184 Å². The Labute approximate surface area is 513 Å². The van der Waals surface area contributed by atoms with Gasteiger partial charge in [0.05, 0.1) is 5.69 Å². The van der Waals surface area contributed by atoms with Crippen LogP contribution in [0, 0.1) is 34.6 Å². The van der Waals surface area contributed by atoms with E-state index in [2.05, 4.69) is 246 Å². The van der Waals surface area contributed by atoms with Crippen molar-refractivity contribution >= 4 is 145 Å². The summed E-state index contributed by atoms with van der Waals surface area (Å²) in [6, 6.07) is 53.3. The second-order valence-corrected chi connectivity index (χ2v) is 30.6. The van der Waals surface area contributed by atoms with Crippen LogP contribution in [0.2, 0.25) is 0 Å². The topological polar surface area (TPSA) is 43.4 Å². The van der Waals surface area contributed by atoms with Crippen molar-refractivity contribution in [1.29, 1.82) is 0 Å². The van der Waals surface area contributed by atoms with E-state index in [0.29, 0.717) is 0 Å². The summed E-state index contributed by atoms with van der Waals surface area (Å²) in [5.74, 6) is 7.11. The molecule has 6 aliphatic heterocycles. The van der Waals surface area contributed by atoms with Gasteiger partial charge in [0.15, 0.2) is 0 Å². The van der Waals surface area contributed by atoms with E-state index in [4.69, 9.17) is 18.9 Å². The summed E-state index contributed by atoms with van der Waals surface area (Å²) in [6.07, 6.45) is 0. The van der Waals surface area contributed by atoms with Crippen molar-refractivity contribution in [2.45, 2.75) is 113 Å². The van der Waals surface area contributed by atoms with Crippen LogP contribution < -0.4 is 76.5 Å². The molecular formula is C75H65B3N2O4S2. The number of ether oxygens (including phenoxy) is 4. The number of benzene rings is 9.